The van der Waals surface area contributed by atoms with Crippen LogP contribution in [0.3, 0.4) is 0 Å². The van der Waals surface area contributed by atoms with Crippen LogP contribution in [-0.4, -0.2) is 31.3 Å². The quantitative estimate of drug-likeness (QED) is 0.872. The van der Waals surface area contributed by atoms with Crippen molar-refractivity contribution in [2.24, 2.45) is 0 Å². The Morgan fingerprint density at radius 1 is 1.29 bits per heavy atom. The number of fused-ring (bicyclic) bond motifs is 1. The van der Waals surface area contributed by atoms with Gasteiger partial charge in [0.1, 0.15) is 13.2 Å². The van der Waals surface area contributed by atoms with Crippen LogP contribution < -0.4 is 14.8 Å². The molecule has 1 aromatic rings. The minimum Gasteiger partial charge on any atom is -0.486 e. The van der Waals surface area contributed by atoms with E-state index in [2.05, 4.69) is 30.6 Å². The van der Waals surface area contributed by atoms with E-state index in [0.29, 0.717) is 19.3 Å². The van der Waals surface area contributed by atoms with E-state index in [9.17, 15) is 0 Å². The van der Waals surface area contributed by atoms with Crippen molar-refractivity contribution < 1.29 is 9.47 Å². The summed E-state index contributed by atoms with van der Waals surface area (Å²) in [7, 11) is 0. The molecule has 0 spiro atoms. The predicted octanol–water partition coefficient (Wildman–Crippen LogP) is 2.30. The minimum absolute atomic E-state index is 0.526. The molecule has 0 fully saturated rings. The molecule has 1 aliphatic rings. The fourth-order valence-corrected chi connectivity index (χ4v) is 2.42. The van der Waals surface area contributed by atoms with Gasteiger partial charge in [-0.1, -0.05) is 6.07 Å². The first-order chi connectivity index (χ1) is 8.29. The van der Waals surface area contributed by atoms with Crippen molar-refractivity contribution >= 4 is 11.8 Å². The summed E-state index contributed by atoms with van der Waals surface area (Å²) in [6, 6.07) is 6.67. The number of benzene rings is 1. The second-order valence-corrected chi connectivity index (χ2v) is 5.13. The van der Waals surface area contributed by atoms with Crippen LogP contribution in [0.4, 0.5) is 0 Å². The summed E-state index contributed by atoms with van der Waals surface area (Å²) < 4.78 is 11.1. The maximum Gasteiger partial charge on any atom is 0.161 e. The molecule has 0 saturated carbocycles. The fourth-order valence-electron chi connectivity index (χ4n) is 1.80. The lowest BCUT2D eigenvalue weighted by Gasteiger charge is -2.19. The molecular weight excluding hydrogens is 234 g/mol. The number of nitrogens with one attached hydrogen (secondary N) is 1. The Labute approximate surface area is 107 Å². The summed E-state index contributed by atoms with van der Waals surface area (Å²) in [6.07, 6.45) is 2.13. The number of ether oxygens (including phenoxy) is 2. The normalized spacial score (nSPS) is 15.6. The van der Waals surface area contributed by atoms with E-state index in [-0.39, 0.29) is 0 Å². The van der Waals surface area contributed by atoms with Crippen LogP contribution in [0.25, 0.3) is 0 Å². The number of hydrogen-bond donors (Lipinski definition) is 1. The lowest BCUT2D eigenvalue weighted by atomic mass is 10.2. The van der Waals surface area contributed by atoms with E-state index in [4.69, 9.17) is 9.47 Å². The highest BCUT2D eigenvalue weighted by atomic mass is 32.2. The van der Waals surface area contributed by atoms with Gasteiger partial charge < -0.3 is 14.8 Å². The Kier molecular flexibility index (Phi) is 4.57. The third-order valence-electron chi connectivity index (χ3n) is 2.68. The van der Waals surface area contributed by atoms with Crippen LogP contribution in [0.2, 0.25) is 0 Å². The monoisotopic (exact) mass is 253 g/mol. The van der Waals surface area contributed by atoms with Gasteiger partial charge in [0, 0.05) is 18.3 Å². The van der Waals surface area contributed by atoms with Crippen molar-refractivity contribution in [1.29, 1.82) is 0 Å². The van der Waals surface area contributed by atoms with E-state index in [1.807, 2.05) is 17.8 Å². The van der Waals surface area contributed by atoms with E-state index in [1.165, 1.54) is 5.56 Å². The highest BCUT2D eigenvalue weighted by Gasteiger charge is 2.11. The molecule has 0 aromatic heterocycles. The molecule has 1 atom stereocenters. The zero-order valence-electron chi connectivity index (χ0n) is 10.4. The Morgan fingerprint density at radius 2 is 2.06 bits per heavy atom. The fraction of sp³-hybridized carbons (Fsp3) is 0.538. The molecule has 3 nitrogen and oxygen atoms in total. The van der Waals surface area contributed by atoms with E-state index >= 15 is 0 Å². The third kappa shape index (κ3) is 3.54. The Hall–Kier alpha value is -0.870. The second kappa shape index (κ2) is 6.17. The van der Waals surface area contributed by atoms with Gasteiger partial charge in [-0.2, -0.15) is 11.8 Å². The average molecular weight is 253 g/mol. The first kappa shape index (κ1) is 12.6. The molecule has 0 amide bonds. The summed E-state index contributed by atoms with van der Waals surface area (Å²) in [4.78, 5) is 0. The highest BCUT2D eigenvalue weighted by Crippen LogP contribution is 2.30. The van der Waals surface area contributed by atoms with Crippen LogP contribution in [0.5, 0.6) is 11.5 Å². The highest BCUT2D eigenvalue weighted by molar-refractivity contribution is 7.98. The van der Waals surface area contributed by atoms with Crippen LogP contribution >= 0.6 is 11.8 Å². The lowest BCUT2D eigenvalue weighted by Crippen LogP contribution is -2.27. The van der Waals surface area contributed by atoms with Gasteiger partial charge >= 0.3 is 0 Å². The standard InChI is InChI=1S/C13H19NO2S/c1-10(9-17-2)14-8-11-3-4-12-13(7-11)16-6-5-15-12/h3-4,7,10,14H,5-6,8-9H2,1-2H3. The van der Waals surface area contributed by atoms with E-state index in [0.717, 1.165) is 23.8 Å². The SMILES string of the molecule is CSCC(C)NCc1ccc2c(c1)OCCO2. The van der Waals surface area contributed by atoms with Crippen LogP contribution in [0.15, 0.2) is 18.2 Å². The van der Waals surface area contributed by atoms with Gasteiger partial charge in [0.15, 0.2) is 11.5 Å². The molecule has 1 aromatic carbocycles. The van der Waals surface area contributed by atoms with Crippen molar-refractivity contribution in [1.82, 2.24) is 5.32 Å². The van der Waals surface area contributed by atoms with Gasteiger partial charge in [0.05, 0.1) is 0 Å². The molecule has 1 unspecified atom stereocenters. The van der Waals surface area contributed by atoms with Gasteiger partial charge in [-0.15, -0.1) is 0 Å². The first-order valence-corrected chi connectivity index (χ1v) is 7.30. The molecule has 0 bridgehead atoms. The maximum atomic E-state index is 5.56. The third-order valence-corrected chi connectivity index (χ3v) is 3.51. The molecule has 0 radical (unpaired) electrons. The summed E-state index contributed by atoms with van der Waals surface area (Å²) in [5.41, 5.74) is 1.24. The number of hydrogen-bond acceptors (Lipinski definition) is 4. The molecule has 0 saturated heterocycles. The van der Waals surface area contributed by atoms with Crippen molar-refractivity contribution in [3.05, 3.63) is 23.8 Å². The summed E-state index contributed by atoms with van der Waals surface area (Å²) in [5, 5.41) is 3.49. The molecule has 94 valence electrons. The zero-order chi connectivity index (χ0) is 12.1. The van der Waals surface area contributed by atoms with Crippen molar-refractivity contribution in [3.8, 4) is 11.5 Å². The Morgan fingerprint density at radius 3 is 2.82 bits per heavy atom. The summed E-state index contributed by atoms with van der Waals surface area (Å²) >= 11 is 1.86. The van der Waals surface area contributed by atoms with Crippen molar-refractivity contribution in [2.45, 2.75) is 19.5 Å². The van der Waals surface area contributed by atoms with E-state index < -0.39 is 0 Å². The number of rotatable bonds is 5. The molecule has 4 heteroatoms. The molecule has 0 aliphatic carbocycles. The molecule has 1 N–H and O–H groups in total. The lowest BCUT2D eigenvalue weighted by molar-refractivity contribution is 0.171. The molecule has 17 heavy (non-hydrogen) atoms. The largest absolute Gasteiger partial charge is 0.486 e. The summed E-state index contributed by atoms with van der Waals surface area (Å²) in [6.45, 7) is 4.37. The predicted molar refractivity (Wildman–Crippen MR) is 72.1 cm³/mol. The Balaban J connectivity index is 1.93. The average Bonchev–Trinajstić information content (AvgIpc) is 2.36. The van der Waals surface area contributed by atoms with Gasteiger partial charge in [-0.05, 0) is 30.9 Å². The van der Waals surface area contributed by atoms with Crippen LogP contribution in [-0.2, 0) is 6.54 Å². The zero-order valence-corrected chi connectivity index (χ0v) is 11.2. The van der Waals surface area contributed by atoms with Crippen LogP contribution in [0, 0.1) is 0 Å². The Bertz CT molecular complexity index is 370. The van der Waals surface area contributed by atoms with Crippen LogP contribution in [0.1, 0.15) is 12.5 Å². The molecule has 1 heterocycles. The smallest absolute Gasteiger partial charge is 0.161 e. The van der Waals surface area contributed by atoms with Gasteiger partial charge in [-0.3, -0.25) is 0 Å². The topological polar surface area (TPSA) is 30.5 Å². The first-order valence-electron chi connectivity index (χ1n) is 5.90. The van der Waals surface area contributed by atoms with Gasteiger partial charge in [0.25, 0.3) is 0 Å². The molecule has 1 aliphatic heterocycles. The molecular formula is C13H19NO2S. The van der Waals surface area contributed by atoms with Crippen molar-refractivity contribution in [3.63, 3.8) is 0 Å². The van der Waals surface area contributed by atoms with E-state index in [1.54, 1.807) is 0 Å². The summed E-state index contributed by atoms with van der Waals surface area (Å²) in [5.74, 6) is 2.86. The molecule has 2 rings (SSSR count). The number of thioether (sulfide) groups is 1. The van der Waals surface area contributed by atoms with Crippen molar-refractivity contribution in [2.75, 3.05) is 25.2 Å². The second-order valence-electron chi connectivity index (χ2n) is 4.22. The van der Waals surface area contributed by atoms with Gasteiger partial charge in [-0.25, -0.2) is 0 Å². The van der Waals surface area contributed by atoms with Gasteiger partial charge in [0.2, 0.25) is 0 Å². The maximum absolute atomic E-state index is 5.56. The minimum atomic E-state index is 0.526.